The standard InChI is InChI=1S/C20H25NOS/c1-15-3-4-18-17(11-15)19(22-2)12-20(18)6-8-21(9-7-20)13-16-5-10-23-14-16/h3-5,10-11,14,19H,6-9,12-13H2,1-2H3/t19-/m1/s1. The Kier molecular flexibility index (Phi) is 4.04. The minimum Gasteiger partial charge on any atom is -0.377 e. The van der Waals surface area contributed by atoms with Crippen LogP contribution in [0.25, 0.3) is 0 Å². The van der Waals surface area contributed by atoms with Crippen molar-refractivity contribution in [3.05, 3.63) is 57.3 Å². The van der Waals surface area contributed by atoms with E-state index in [0.717, 1.165) is 13.0 Å². The number of hydrogen-bond acceptors (Lipinski definition) is 3. The molecule has 122 valence electrons. The van der Waals surface area contributed by atoms with E-state index in [1.54, 1.807) is 16.9 Å². The van der Waals surface area contributed by atoms with Gasteiger partial charge in [-0.3, -0.25) is 4.90 Å². The van der Waals surface area contributed by atoms with Crippen molar-refractivity contribution < 1.29 is 4.74 Å². The minimum atomic E-state index is 0.285. The molecule has 2 heterocycles. The maximum Gasteiger partial charge on any atom is 0.0832 e. The average Bonchev–Trinajstić information content (AvgIpc) is 3.16. The first-order chi connectivity index (χ1) is 11.2. The van der Waals surface area contributed by atoms with Crippen molar-refractivity contribution in [2.24, 2.45) is 0 Å². The monoisotopic (exact) mass is 327 g/mol. The Bertz CT molecular complexity index is 671. The van der Waals surface area contributed by atoms with Crippen LogP contribution in [0.4, 0.5) is 0 Å². The van der Waals surface area contributed by atoms with Crippen molar-refractivity contribution >= 4 is 11.3 Å². The molecule has 2 nitrogen and oxygen atoms in total. The zero-order valence-electron chi connectivity index (χ0n) is 14.0. The molecule has 4 rings (SSSR count). The number of fused-ring (bicyclic) bond motifs is 2. The lowest BCUT2D eigenvalue weighted by atomic mass is 9.73. The van der Waals surface area contributed by atoms with Crippen molar-refractivity contribution in [1.29, 1.82) is 0 Å². The molecule has 0 unspecified atom stereocenters. The number of methoxy groups -OCH3 is 1. The second-order valence-electron chi connectivity index (χ2n) is 7.21. The summed E-state index contributed by atoms with van der Waals surface area (Å²) in [4.78, 5) is 2.61. The lowest BCUT2D eigenvalue weighted by Gasteiger charge is -2.40. The quantitative estimate of drug-likeness (QED) is 0.811. The fourth-order valence-electron chi connectivity index (χ4n) is 4.47. The van der Waals surface area contributed by atoms with E-state index >= 15 is 0 Å². The van der Waals surface area contributed by atoms with E-state index in [2.05, 4.69) is 46.8 Å². The smallest absolute Gasteiger partial charge is 0.0832 e. The van der Waals surface area contributed by atoms with Gasteiger partial charge in [0.1, 0.15) is 0 Å². The molecule has 1 aromatic carbocycles. The molecule has 2 aromatic rings. The van der Waals surface area contributed by atoms with E-state index in [9.17, 15) is 0 Å². The van der Waals surface area contributed by atoms with Gasteiger partial charge < -0.3 is 4.74 Å². The topological polar surface area (TPSA) is 12.5 Å². The second kappa shape index (κ2) is 6.04. The van der Waals surface area contributed by atoms with E-state index in [4.69, 9.17) is 4.74 Å². The summed E-state index contributed by atoms with van der Waals surface area (Å²) in [6.45, 7) is 5.68. The highest BCUT2D eigenvalue weighted by atomic mass is 32.1. The van der Waals surface area contributed by atoms with E-state index in [0.29, 0.717) is 5.41 Å². The second-order valence-corrected chi connectivity index (χ2v) is 7.99. The van der Waals surface area contributed by atoms with Gasteiger partial charge in [-0.05, 0) is 72.8 Å². The molecule has 0 bridgehead atoms. The van der Waals surface area contributed by atoms with E-state index in [-0.39, 0.29) is 6.10 Å². The number of aryl methyl sites for hydroxylation is 1. The summed E-state index contributed by atoms with van der Waals surface area (Å²) >= 11 is 1.80. The maximum absolute atomic E-state index is 5.82. The molecule has 1 aromatic heterocycles. The summed E-state index contributed by atoms with van der Waals surface area (Å²) in [5.41, 5.74) is 6.15. The molecule has 3 heteroatoms. The van der Waals surface area contributed by atoms with Crippen molar-refractivity contribution in [1.82, 2.24) is 4.90 Å². The van der Waals surface area contributed by atoms with Crippen molar-refractivity contribution in [3.8, 4) is 0 Å². The van der Waals surface area contributed by atoms with Crippen LogP contribution in [0.1, 0.15) is 47.6 Å². The summed E-state index contributed by atoms with van der Waals surface area (Å²) in [5.74, 6) is 0. The van der Waals surface area contributed by atoms with Crippen LogP contribution in [-0.2, 0) is 16.7 Å². The Morgan fingerprint density at radius 3 is 2.78 bits per heavy atom. The molecule has 1 spiro atoms. The fourth-order valence-corrected chi connectivity index (χ4v) is 5.13. The van der Waals surface area contributed by atoms with Gasteiger partial charge in [-0.15, -0.1) is 0 Å². The number of hydrogen-bond donors (Lipinski definition) is 0. The summed E-state index contributed by atoms with van der Waals surface area (Å²) < 4.78 is 5.82. The van der Waals surface area contributed by atoms with Crippen LogP contribution >= 0.6 is 11.3 Å². The maximum atomic E-state index is 5.82. The van der Waals surface area contributed by atoms with Gasteiger partial charge in [0.25, 0.3) is 0 Å². The Balaban J connectivity index is 1.53. The van der Waals surface area contributed by atoms with Gasteiger partial charge >= 0.3 is 0 Å². The zero-order chi connectivity index (χ0) is 15.9. The van der Waals surface area contributed by atoms with Gasteiger partial charge in [-0.2, -0.15) is 11.3 Å². The lowest BCUT2D eigenvalue weighted by molar-refractivity contribution is 0.0687. The average molecular weight is 327 g/mol. The SMILES string of the molecule is CO[C@@H]1CC2(CCN(Cc3ccsc3)CC2)c2ccc(C)cc21. The Morgan fingerprint density at radius 1 is 1.26 bits per heavy atom. The highest BCUT2D eigenvalue weighted by Crippen LogP contribution is 2.52. The number of thiophene rings is 1. The van der Waals surface area contributed by atoms with Gasteiger partial charge in [-0.25, -0.2) is 0 Å². The molecule has 23 heavy (non-hydrogen) atoms. The molecule has 0 amide bonds. The van der Waals surface area contributed by atoms with E-state index in [1.165, 1.54) is 42.6 Å². The lowest BCUT2D eigenvalue weighted by Crippen LogP contribution is -2.41. The van der Waals surface area contributed by atoms with Crippen molar-refractivity contribution in [3.63, 3.8) is 0 Å². The fraction of sp³-hybridized carbons (Fsp3) is 0.500. The van der Waals surface area contributed by atoms with Crippen LogP contribution in [0, 0.1) is 6.92 Å². The Hall–Kier alpha value is -1.16. The molecule has 1 atom stereocenters. The Labute approximate surface area is 143 Å². The van der Waals surface area contributed by atoms with Crippen molar-refractivity contribution in [2.75, 3.05) is 20.2 Å². The van der Waals surface area contributed by atoms with Crippen LogP contribution in [0.5, 0.6) is 0 Å². The molecular formula is C20H25NOS. The van der Waals surface area contributed by atoms with Crippen LogP contribution in [0.15, 0.2) is 35.0 Å². The largest absolute Gasteiger partial charge is 0.377 e. The first kappa shape index (κ1) is 15.4. The molecular weight excluding hydrogens is 302 g/mol. The highest BCUT2D eigenvalue weighted by molar-refractivity contribution is 7.07. The van der Waals surface area contributed by atoms with E-state index < -0.39 is 0 Å². The van der Waals surface area contributed by atoms with Gasteiger partial charge in [0.2, 0.25) is 0 Å². The van der Waals surface area contributed by atoms with Crippen LogP contribution in [0.3, 0.4) is 0 Å². The van der Waals surface area contributed by atoms with Crippen LogP contribution in [0.2, 0.25) is 0 Å². The van der Waals surface area contributed by atoms with Crippen LogP contribution in [-0.4, -0.2) is 25.1 Å². The third-order valence-electron chi connectivity index (χ3n) is 5.79. The minimum absolute atomic E-state index is 0.285. The van der Waals surface area contributed by atoms with Crippen LogP contribution < -0.4 is 0 Å². The molecule has 1 saturated heterocycles. The first-order valence-corrected chi connectivity index (χ1v) is 9.52. The predicted molar refractivity (Wildman–Crippen MR) is 96.1 cm³/mol. The number of benzene rings is 1. The molecule has 1 aliphatic carbocycles. The molecule has 0 saturated carbocycles. The number of piperidine rings is 1. The number of likely N-dealkylation sites (tertiary alicyclic amines) is 1. The summed E-state index contributed by atoms with van der Waals surface area (Å²) in [6.07, 6.45) is 3.96. The molecule has 1 aliphatic heterocycles. The molecule has 0 radical (unpaired) electrons. The molecule has 0 N–H and O–H groups in total. The molecule has 2 aliphatic rings. The van der Waals surface area contributed by atoms with Gasteiger partial charge in [0, 0.05) is 19.1 Å². The number of nitrogens with zero attached hydrogens (tertiary/aromatic N) is 1. The normalized spacial score (nSPS) is 23.3. The van der Waals surface area contributed by atoms with E-state index in [1.807, 2.05) is 7.11 Å². The third-order valence-corrected chi connectivity index (χ3v) is 6.52. The summed E-state index contributed by atoms with van der Waals surface area (Å²) in [6, 6.07) is 9.24. The van der Waals surface area contributed by atoms with Gasteiger partial charge in [0.05, 0.1) is 6.10 Å². The Morgan fingerprint density at radius 2 is 2.09 bits per heavy atom. The summed E-state index contributed by atoms with van der Waals surface area (Å²) in [7, 11) is 1.86. The number of ether oxygens (including phenoxy) is 1. The third kappa shape index (κ3) is 2.75. The highest BCUT2D eigenvalue weighted by Gasteiger charge is 2.45. The van der Waals surface area contributed by atoms with Gasteiger partial charge in [-0.1, -0.05) is 23.8 Å². The predicted octanol–water partition coefficient (Wildman–Crippen LogP) is 4.68. The van der Waals surface area contributed by atoms with Gasteiger partial charge in [0.15, 0.2) is 0 Å². The molecule has 1 fully saturated rings. The van der Waals surface area contributed by atoms with Crippen molar-refractivity contribution in [2.45, 2.75) is 44.2 Å². The first-order valence-electron chi connectivity index (χ1n) is 8.57. The number of rotatable bonds is 3. The summed E-state index contributed by atoms with van der Waals surface area (Å²) in [5, 5.41) is 4.46. The zero-order valence-corrected chi connectivity index (χ0v) is 14.9.